The van der Waals surface area contributed by atoms with Crippen LogP contribution in [-0.2, 0) is 36.8 Å². The lowest BCUT2D eigenvalue weighted by Crippen LogP contribution is -2.31. The van der Waals surface area contributed by atoms with E-state index >= 15 is 8.63 Å². The summed E-state index contributed by atoms with van der Waals surface area (Å²) in [5.74, 6) is 2.56. The molecule has 15 nitrogen and oxygen atoms in total. The fourth-order valence-electron chi connectivity index (χ4n) is 8.00. The van der Waals surface area contributed by atoms with Gasteiger partial charge in [-0.2, -0.15) is 0 Å². The van der Waals surface area contributed by atoms with Crippen molar-refractivity contribution < 1.29 is 41.3 Å². The van der Waals surface area contributed by atoms with Gasteiger partial charge in [-0.1, -0.05) is 45.0 Å². The Balaban J connectivity index is 1.29. The van der Waals surface area contributed by atoms with Crippen molar-refractivity contribution in [3.63, 3.8) is 0 Å². The maximum Gasteiger partial charge on any atom is 0.995 e. The summed E-state index contributed by atoms with van der Waals surface area (Å²) in [6.45, 7) is 9.97. The highest BCUT2D eigenvalue weighted by molar-refractivity contribution is 6.52. The van der Waals surface area contributed by atoms with Gasteiger partial charge in [0.2, 0.25) is 5.75 Å². The Labute approximate surface area is 346 Å². The molecule has 0 fully saturated rings. The van der Waals surface area contributed by atoms with Gasteiger partial charge in [0.15, 0.2) is 11.5 Å². The summed E-state index contributed by atoms with van der Waals surface area (Å²) in [4.78, 5) is 6.77. The van der Waals surface area contributed by atoms with Gasteiger partial charge in [0.1, 0.15) is 34.3 Å². The highest BCUT2D eigenvalue weighted by atomic mass is 19.3. The number of benzene rings is 2. The van der Waals surface area contributed by atoms with E-state index in [9.17, 15) is 0 Å². The fourth-order valence-corrected chi connectivity index (χ4v) is 8.00. The Morgan fingerprint density at radius 3 is 1.43 bits per heavy atom. The number of H-pyrrole nitrogens is 2. The van der Waals surface area contributed by atoms with Gasteiger partial charge < -0.3 is 51.3 Å². The molecule has 1 aliphatic rings. The van der Waals surface area contributed by atoms with E-state index in [0.717, 1.165) is 27.8 Å². The average Bonchev–Trinajstić information content (AvgIpc) is 4.09. The number of aromatic amines is 2. The van der Waals surface area contributed by atoms with Crippen molar-refractivity contribution in [1.29, 1.82) is 0 Å². The summed E-state index contributed by atoms with van der Waals surface area (Å²) in [5, 5.41) is 17.8. The fraction of sp³-hybridized carbons (Fsp3) is 0.357. The second-order valence-corrected chi connectivity index (χ2v) is 13.9. The summed E-state index contributed by atoms with van der Waals surface area (Å²) in [5.41, 5.74) is 8.76. The third kappa shape index (κ3) is 7.34. The van der Waals surface area contributed by atoms with E-state index in [1.165, 1.54) is 27.4 Å². The molecule has 60 heavy (non-hydrogen) atoms. The Morgan fingerprint density at radius 2 is 1.00 bits per heavy atom. The van der Waals surface area contributed by atoms with Crippen LogP contribution in [0.5, 0.6) is 28.7 Å². The van der Waals surface area contributed by atoms with Crippen molar-refractivity contribution in [1.82, 2.24) is 40.0 Å². The van der Waals surface area contributed by atoms with Gasteiger partial charge in [0, 0.05) is 29.8 Å². The van der Waals surface area contributed by atoms with Crippen LogP contribution in [0.1, 0.15) is 78.2 Å². The number of hydrogen-bond acceptors (Lipinski definition) is 10. The van der Waals surface area contributed by atoms with E-state index in [1.807, 2.05) is 46.8 Å². The van der Waals surface area contributed by atoms with Gasteiger partial charge in [-0.3, -0.25) is 0 Å². The van der Waals surface area contributed by atoms with E-state index in [0.29, 0.717) is 106 Å². The van der Waals surface area contributed by atoms with E-state index in [1.54, 1.807) is 48.1 Å². The van der Waals surface area contributed by atoms with Gasteiger partial charge in [-0.05, 0) is 54.4 Å². The Bertz CT molecular complexity index is 2560. The molecule has 0 atom stereocenters. The molecule has 5 heterocycles. The van der Waals surface area contributed by atoms with Crippen LogP contribution in [-0.4, -0.2) is 88.4 Å². The van der Waals surface area contributed by atoms with Crippen LogP contribution >= 0.6 is 0 Å². The second-order valence-electron chi connectivity index (χ2n) is 13.9. The summed E-state index contributed by atoms with van der Waals surface area (Å²) < 4.78 is 73.2. The second kappa shape index (κ2) is 16.9. The van der Waals surface area contributed by atoms with Crippen LogP contribution in [0.15, 0.2) is 42.7 Å². The lowest BCUT2D eigenvalue weighted by Gasteiger charge is -2.20. The van der Waals surface area contributed by atoms with Crippen LogP contribution in [0.4, 0.5) is 8.63 Å². The Morgan fingerprint density at radius 1 is 0.583 bits per heavy atom. The molecule has 6 aromatic rings. The molecule has 2 aromatic carbocycles. The number of nitrogens with one attached hydrogen (secondary N) is 2. The molecular weight excluding hydrogens is 777 g/mol. The van der Waals surface area contributed by atoms with Crippen LogP contribution in [0.2, 0.25) is 0 Å². The van der Waals surface area contributed by atoms with Crippen molar-refractivity contribution >= 4 is 18.6 Å². The molecule has 0 radical (unpaired) electrons. The number of ketones is 1. The first-order chi connectivity index (χ1) is 29.0. The minimum absolute atomic E-state index is 0.0549. The van der Waals surface area contributed by atoms with Crippen molar-refractivity contribution in [2.45, 2.75) is 66.7 Å². The highest BCUT2D eigenvalue weighted by Gasteiger charge is 2.54. The predicted molar refractivity (Wildman–Crippen MR) is 223 cm³/mol. The molecule has 7 rings (SSSR count). The number of methoxy groups -OCH3 is 5. The number of halogens is 2. The van der Waals surface area contributed by atoms with Gasteiger partial charge in [-0.15, -0.1) is 10.2 Å². The van der Waals surface area contributed by atoms with Crippen molar-refractivity contribution in [3.8, 4) is 62.9 Å². The lowest BCUT2D eigenvalue weighted by molar-refractivity contribution is -0.183. The molecule has 0 spiro atoms. The van der Waals surface area contributed by atoms with Crippen LogP contribution in [0, 0.1) is 0 Å². The molecule has 0 amide bonds. The van der Waals surface area contributed by atoms with Crippen LogP contribution in [0.25, 0.3) is 39.9 Å². The van der Waals surface area contributed by atoms with Crippen molar-refractivity contribution in [2.75, 3.05) is 35.5 Å². The first kappa shape index (κ1) is 41.6. The number of rotatable bonds is 16. The van der Waals surface area contributed by atoms with Gasteiger partial charge in [0.25, 0.3) is 0 Å². The largest absolute Gasteiger partial charge is 0.995 e. The quantitative estimate of drug-likeness (QED) is 0.0727. The van der Waals surface area contributed by atoms with E-state index in [2.05, 4.69) is 30.6 Å². The number of nitrogens with zero attached hydrogens (tertiary/aromatic N) is 6. The minimum atomic E-state index is -4.78. The predicted octanol–water partition coefficient (Wildman–Crippen LogP) is 7.86. The molecule has 4 aromatic heterocycles. The number of hydrogen-bond donors (Lipinski definition) is 2. The molecule has 0 saturated carbocycles. The van der Waals surface area contributed by atoms with Crippen LogP contribution < -0.4 is 23.7 Å². The number of carbonyl (C=O) groups excluding carboxylic acids is 1. The molecule has 18 heteroatoms. The first-order valence-corrected chi connectivity index (χ1v) is 19.9. The van der Waals surface area contributed by atoms with Crippen molar-refractivity contribution in [2.24, 2.45) is 0 Å². The maximum atomic E-state index is 15.7. The SMILES string of the molecule is CCc1c(OC)cc(-n2cc(-c3[nH]c(C4=[O+][B-](F)(F)OC(c5[nH]c(-c6cn(-c7cc(OC)c(OC)c(OC)c7)nn6)c(CC)c5CC)=C4)c(CC)c3CC)nn2)cc1OC. The van der Waals surface area contributed by atoms with E-state index in [4.69, 9.17) is 32.7 Å². The summed E-state index contributed by atoms with van der Waals surface area (Å²) in [6, 6.07) is 7.25. The highest BCUT2D eigenvalue weighted by Crippen LogP contribution is 2.41. The third-order valence-electron chi connectivity index (χ3n) is 10.8. The number of ether oxygens (including phenoxy) is 5. The standard InChI is InChI=1S/C42H49BF2N8O7/c1-11-25-27(13-3)40(46-38(25)30-21-52(50-48-30)23-16-32(54-6)29(15-5)33(17-23)55-7)34-20-35(60-43(44,45)59-34)41-28(14-4)26(12-2)39(47-41)31-22-53(51-49-31)24-18-36(56-8)42(58-10)37(19-24)57-9/h16-22,46-47H,11-15H2,1-10H3. The summed E-state index contributed by atoms with van der Waals surface area (Å²) >= 11 is 0. The normalized spacial score (nSPS) is 13.5. The molecule has 316 valence electrons. The lowest BCUT2D eigenvalue weighted by atomic mass is 9.98. The monoisotopic (exact) mass is 826 g/mol. The molecule has 2 N–H and O–H groups in total. The van der Waals surface area contributed by atoms with Gasteiger partial charge in [-0.25, -0.2) is 9.36 Å². The zero-order valence-corrected chi connectivity index (χ0v) is 35.5. The Hall–Kier alpha value is -6.59. The number of aromatic nitrogens is 8. The van der Waals surface area contributed by atoms with Gasteiger partial charge in [0.05, 0.1) is 82.5 Å². The van der Waals surface area contributed by atoms with Gasteiger partial charge >= 0.3 is 12.9 Å². The number of allylic oxidation sites excluding steroid dienone is 1. The molecule has 0 unspecified atom stereocenters. The molecule has 0 saturated heterocycles. The molecule has 0 bridgehead atoms. The first-order valence-electron chi connectivity index (χ1n) is 19.9. The van der Waals surface area contributed by atoms with Crippen molar-refractivity contribution in [3.05, 3.63) is 81.9 Å². The molecular formula is C42H49BF2N8O7. The topological polar surface area (TPSA) is 160 Å². The van der Waals surface area contributed by atoms with Crippen LogP contribution in [0.3, 0.4) is 0 Å². The summed E-state index contributed by atoms with van der Waals surface area (Å²) in [6.07, 6.45) is 7.97. The average molecular weight is 827 g/mol. The molecule has 0 aliphatic carbocycles. The van der Waals surface area contributed by atoms with E-state index < -0.39 is 7.11 Å². The maximum absolute atomic E-state index is 15.7. The molecule has 1 aliphatic heterocycles. The summed E-state index contributed by atoms with van der Waals surface area (Å²) in [7, 11) is 3.03. The third-order valence-corrected chi connectivity index (χ3v) is 10.8. The Kier molecular flexibility index (Phi) is 11.7. The smallest absolute Gasteiger partial charge is 0.568 e. The van der Waals surface area contributed by atoms with E-state index in [-0.39, 0.29) is 11.5 Å². The zero-order valence-electron chi connectivity index (χ0n) is 35.5. The zero-order chi connectivity index (χ0) is 42.9. The minimum Gasteiger partial charge on any atom is -0.568 e.